The monoisotopic (exact) mass is 489 g/mol. The van der Waals surface area contributed by atoms with E-state index in [1.807, 2.05) is 17.7 Å². The third-order valence-corrected chi connectivity index (χ3v) is 6.91. The highest BCUT2D eigenvalue weighted by molar-refractivity contribution is 5.94. The molecule has 0 bridgehead atoms. The van der Waals surface area contributed by atoms with E-state index in [0.29, 0.717) is 36.6 Å². The first-order chi connectivity index (χ1) is 17.0. The molecule has 3 N–H and O–H groups in total. The van der Waals surface area contributed by atoms with Crippen molar-refractivity contribution in [2.24, 2.45) is 5.92 Å². The fourth-order valence-electron chi connectivity index (χ4n) is 5.04. The van der Waals surface area contributed by atoms with E-state index in [-0.39, 0.29) is 11.9 Å². The van der Waals surface area contributed by atoms with Gasteiger partial charge >= 0.3 is 0 Å². The van der Waals surface area contributed by atoms with Crippen molar-refractivity contribution in [1.82, 2.24) is 20.2 Å². The second-order valence-electron chi connectivity index (χ2n) is 9.75. The van der Waals surface area contributed by atoms with Crippen LogP contribution in [0.15, 0.2) is 24.7 Å². The molecule has 0 saturated carbocycles. The molecule has 1 amide bonds. The third-order valence-electron chi connectivity index (χ3n) is 6.91. The quantitative estimate of drug-likeness (QED) is 0.422. The normalized spacial score (nSPS) is 20.9. The maximum absolute atomic E-state index is 14.3. The van der Waals surface area contributed by atoms with Gasteiger partial charge in [0.15, 0.2) is 5.82 Å². The van der Waals surface area contributed by atoms with Crippen molar-refractivity contribution in [1.29, 1.82) is 0 Å². The van der Waals surface area contributed by atoms with Gasteiger partial charge in [0.1, 0.15) is 11.6 Å². The first kappa shape index (κ1) is 25.7. The number of imidazole rings is 1. The highest BCUT2D eigenvalue weighted by atomic mass is 19.1. The lowest BCUT2D eigenvalue weighted by molar-refractivity contribution is -0.118. The van der Waals surface area contributed by atoms with Gasteiger partial charge in [-0.2, -0.15) is 0 Å². The van der Waals surface area contributed by atoms with Crippen molar-refractivity contribution in [3.63, 3.8) is 0 Å². The molecule has 4 rings (SSSR count). The summed E-state index contributed by atoms with van der Waals surface area (Å²) < 4.78 is 35.3. The summed E-state index contributed by atoms with van der Waals surface area (Å²) in [7, 11) is 0. The highest BCUT2D eigenvalue weighted by Gasteiger charge is 2.27. The second kappa shape index (κ2) is 12.6. The van der Waals surface area contributed by atoms with Crippen molar-refractivity contribution in [3.8, 4) is 0 Å². The number of hydrogen-bond donors (Lipinski definition) is 3. The summed E-state index contributed by atoms with van der Waals surface area (Å²) in [5.41, 5.74) is 1.28. The van der Waals surface area contributed by atoms with E-state index in [2.05, 4.69) is 20.9 Å². The van der Waals surface area contributed by atoms with Gasteiger partial charge in [-0.3, -0.25) is 4.79 Å². The number of aryl methyl sites for hydroxylation is 1. The molecule has 35 heavy (non-hydrogen) atoms. The molecule has 1 aromatic heterocycles. The molecule has 0 spiro atoms. The first-order valence-electron chi connectivity index (χ1n) is 12.9. The Kier molecular flexibility index (Phi) is 9.23. The summed E-state index contributed by atoms with van der Waals surface area (Å²) >= 11 is 0. The molecule has 1 fully saturated rings. The largest absolute Gasteiger partial charge is 0.381 e. The van der Waals surface area contributed by atoms with E-state index in [1.165, 1.54) is 12.5 Å². The van der Waals surface area contributed by atoms with Gasteiger partial charge in [-0.1, -0.05) is 13.3 Å². The number of aromatic nitrogens is 2. The zero-order valence-corrected chi connectivity index (χ0v) is 20.5. The number of rotatable bonds is 11. The van der Waals surface area contributed by atoms with Crippen LogP contribution in [0.25, 0.3) is 0 Å². The number of anilines is 1. The van der Waals surface area contributed by atoms with Crippen LogP contribution in [0.3, 0.4) is 0 Å². The number of carbonyl (C=O) groups excluding carboxylic acids is 1. The van der Waals surface area contributed by atoms with Gasteiger partial charge in [-0.25, -0.2) is 13.8 Å². The van der Waals surface area contributed by atoms with E-state index in [1.54, 1.807) is 6.33 Å². The fraction of sp³-hybridized carbons (Fsp3) is 0.615. The van der Waals surface area contributed by atoms with Crippen LogP contribution in [-0.2, 0) is 28.9 Å². The van der Waals surface area contributed by atoms with Crippen LogP contribution in [0, 0.1) is 17.6 Å². The minimum atomic E-state index is -0.537. The summed E-state index contributed by atoms with van der Waals surface area (Å²) in [4.78, 5) is 17.3. The SMILES string of the molecule is CCC[C@H](N[C@H]1CCc2cc(F)cc(F)c2C1)C(=O)Nc1cn(CCNCC2CCCOC2)cn1. The summed E-state index contributed by atoms with van der Waals surface area (Å²) in [5.74, 6) is -0.0771. The Morgan fingerprint density at radius 3 is 3.00 bits per heavy atom. The van der Waals surface area contributed by atoms with E-state index in [9.17, 15) is 13.6 Å². The molecule has 2 aromatic rings. The van der Waals surface area contributed by atoms with Crippen LogP contribution in [-0.4, -0.2) is 53.8 Å². The van der Waals surface area contributed by atoms with Gasteiger partial charge in [-0.05, 0) is 61.6 Å². The molecule has 1 aromatic carbocycles. The molecule has 1 aliphatic carbocycles. The maximum Gasteiger partial charge on any atom is 0.242 e. The van der Waals surface area contributed by atoms with Gasteiger partial charge < -0.3 is 25.3 Å². The third kappa shape index (κ3) is 7.32. The number of nitrogens with zero attached hydrogens (tertiary/aromatic N) is 2. The molecule has 1 saturated heterocycles. The molecule has 0 radical (unpaired) electrons. The molecule has 2 aliphatic rings. The number of amides is 1. The average Bonchev–Trinajstić information content (AvgIpc) is 3.29. The minimum absolute atomic E-state index is 0.0389. The average molecular weight is 490 g/mol. The molecular formula is C26H37F2N5O2. The number of halogens is 2. The number of carbonyl (C=O) groups is 1. The van der Waals surface area contributed by atoms with E-state index < -0.39 is 17.7 Å². The van der Waals surface area contributed by atoms with Crippen LogP contribution in [0.1, 0.15) is 50.2 Å². The molecule has 1 aliphatic heterocycles. The molecule has 7 nitrogen and oxygen atoms in total. The van der Waals surface area contributed by atoms with Gasteiger partial charge in [0.05, 0.1) is 19.0 Å². The topological polar surface area (TPSA) is 80.2 Å². The Morgan fingerprint density at radius 1 is 1.31 bits per heavy atom. The van der Waals surface area contributed by atoms with Crippen molar-refractivity contribution in [2.75, 3.05) is 31.6 Å². The molecule has 1 unspecified atom stereocenters. The Balaban J connectivity index is 1.25. The van der Waals surface area contributed by atoms with E-state index >= 15 is 0 Å². The second-order valence-corrected chi connectivity index (χ2v) is 9.75. The zero-order chi connectivity index (χ0) is 24.6. The molecular weight excluding hydrogens is 452 g/mol. The summed E-state index contributed by atoms with van der Waals surface area (Å²) in [6.07, 6.45) is 9.18. The van der Waals surface area contributed by atoms with E-state index in [0.717, 1.165) is 63.7 Å². The standard InChI is InChI=1S/C26H37F2N5O2/c1-2-4-24(31-21-7-6-19-11-20(27)12-23(28)22(19)13-21)26(34)32-25-15-33(17-30-25)9-8-29-14-18-5-3-10-35-16-18/h11-12,15,17-18,21,24,29,31H,2-10,13-14,16H2,1H3,(H,32,34)/t18?,21-,24-/m0/s1. The smallest absolute Gasteiger partial charge is 0.242 e. The van der Waals surface area contributed by atoms with Crippen LogP contribution < -0.4 is 16.0 Å². The highest BCUT2D eigenvalue weighted by Crippen LogP contribution is 2.26. The van der Waals surface area contributed by atoms with Crippen LogP contribution in [0.2, 0.25) is 0 Å². The van der Waals surface area contributed by atoms with Crippen molar-refractivity contribution >= 4 is 11.7 Å². The van der Waals surface area contributed by atoms with E-state index in [4.69, 9.17) is 4.74 Å². The summed E-state index contributed by atoms with van der Waals surface area (Å²) in [6.45, 7) is 6.28. The number of hydrogen-bond acceptors (Lipinski definition) is 5. The fourth-order valence-corrected chi connectivity index (χ4v) is 5.04. The molecule has 192 valence electrons. The van der Waals surface area contributed by atoms with Crippen LogP contribution >= 0.6 is 0 Å². The van der Waals surface area contributed by atoms with Crippen LogP contribution in [0.4, 0.5) is 14.6 Å². The predicted octanol–water partition coefficient (Wildman–Crippen LogP) is 3.43. The molecule has 2 heterocycles. The first-order valence-corrected chi connectivity index (χ1v) is 12.9. The molecule has 3 atom stereocenters. The summed E-state index contributed by atoms with van der Waals surface area (Å²) in [5, 5.41) is 9.81. The lowest BCUT2D eigenvalue weighted by Crippen LogP contribution is -2.48. The van der Waals surface area contributed by atoms with Gasteiger partial charge in [0.2, 0.25) is 5.91 Å². The lowest BCUT2D eigenvalue weighted by atomic mass is 9.87. The van der Waals surface area contributed by atoms with Crippen molar-refractivity contribution < 1.29 is 18.3 Å². The number of benzene rings is 1. The Labute approximate surface area is 206 Å². The summed E-state index contributed by atoms with van der Waals surface area (Å²) in [6, 6.07) is 1.91. The lowest BCUT2D eigenvalue weighted by Gasteiger charge is -2.29. The number of ether oxygens (including phenoxy) is 1. The van der Waals surface area contributed by atoms with Gasteiger partial charge in [0, 0.05) is 44.5 Å². The Bertz CT molecular complexity index is 977. The number of fused-ring (bicyclic) bond motifs is 1. The predicted molar refractivity (Wildman–Crippen MR) is 131 cm³/mol. The maximum atomic E-state index is 14.3. The van der Waals surface area contributed by atoms with Crippen molar-refractivity contribution in [2.45, 2.75) is 70.5 Å². The Hall–Kier alpha value is -2.36. The number of nitrogens with one attached hydrogen (secondary N) is 3. The van der Waals surface area contributed by atoms with Gasteiger partial charge in [0.25, 0.3) is 0 Å². The minimum Gasteiger partial charge on any atom is -0.381 e. The zero-order valence-electron chi connectivity index (χ0n) is 20.5. The van der Waals surface area contributed by atoms with Crippen molar-refractivity contribution in [3.05, 3.63) is 47.4 Å². The Morgan fingerprint density at radius 2 is 2.20 bits per heavy atom. The van der Waals surface area contributed by atoms with Gasteiger partial charge in [-0.15, -0.1) is 0 Å². The van der Waals surface area contributed by atoms with Crippen LogP contribution in [0.5, 0.6) is 0 Å². The molecule has 9 heteroatoms.